The number of amides is 3. The Morgan fingerprint density at radius 1 is 1.29 bits per heavy atom. The van der Waals surface area contributed by atoms with Crippen LogP contribution >= 0.6 is 0 Å². The van der Waals surface area contributed by atoms with Crippen LogP contribution in [0.25, 0.3) is 0 Å². The molecule has 1 heterocycles. The van der Waals surface area contributed by atoms with Gasteiger partial charge in [-0.3, -0.25) is 14.4 Å². The minimum Gasteiger partial charge on any atom is -0.366 e. The summed E-state index contributed by atoms with van der Waals surface area (Å²) < 4.78 is 26.6. The molecule has 9 heteroatoms. The third-order valence-electron chi connectivity index (χ3n) is 3.57. The molecule has 1 atom stereocenters. The van der Waals surface area contributed by atoms with E-state index in [0.717, 1.165) is 4.90 Å². The molecule has 1 saturated heterocycles. The van der Waals surface area contributed by atoms with Crippen molar-refractivity contribution in [1.82, 2.24) is 10.2 Å². The van der Waals surface area contributed by atoms with Gasteiger partial charge in [0.15, 0.2) is 0 Å². The van der Waals surface area contributed by atoms with Gasteiger partial charge >= 0.3 is 0 Å². The van der Waals surface area contributed by atoms with Crippen LogP contribution in [0.3, 0.4) is 0 Å². The van der Waals surface area contributed by atoms with Gasteiger partial charge in [-0.1, -0.05) is 0 Å². The van der Waals surface area contributed by atoms with Crippen molar-refractivity contribution >= 4 is 17.7 Å². The summed E-state index contributed by atoms with van der Waals surface area (Å²) in [5.74, 6) is -5.13. The number of rotatable bonds is 4. The Morgan fingerprint density at radius 2 is 1.88 bits per heavy atom. The number of hydrogen-bond donors (Lipinski definition) is 2. The highest BCUT2D eigenvalue weighted by Gasteiger charge is 2.47. The first kappa shape index (κ1) is 17.3. The summed E-state index contributed by atoms with van der Waals surface area (Å²) in [6.07, 6.45) is -0.711. The molecule has 0 aromatic heterocycles. The topological polar surface area (TPSA) is 116 Å². The molecule has 0 bridgehead atoms. The summed E-state index contributed by atoms with van der Waals surface area (Å²) >= 11 is 0. The van der Waals surface area contributed by atoms with Gasteiger partial charge in [0.1, 0.15) is 6.04 Å². The van der Waals surface area contributed by atoms with Crippen molar-refractivity contribution in [3.8, 4) is 6.07 Å². The molecule has 3 N–H and O–H groups in total. The number of hydrogen-bond acceptors (Lipinski definition) is 4. The van der Waals surface area contributed by atoms with Crippen LogP contribution in [0.15, 0.2) is 24.3 Å². The second kappa shape index (κ2) is 6.62. The van der Waals surface area contributed by atoms with Crippen molar-refractivity contribution in [2.45, 2.75) is 18.4 Å². The molecule has 24 heavy (non-hydrogen) atoms. The number of nitrogens with one attached hydrogen (secondary N) is 1. The quantitative estimate of drug-likeness (QED) is 0.821. The van der Waals surface area contributed by atoms with Gasteiger partial charge in [-0.25, -0.2) is 8.78 Å². The second-order valence-electron chi connectivity index (χ2n) is 5.35. The molecule has 1 fully saturated rings. The summed E-state index contributed by atoms with van der Waals surface area (Å²) in [4.78, 5) is 35.6. The lowest BCUT2D eigenvalue weighted by atomic mass is 10.1. The van der Waals surface area contributed by atoms with Crippen LogP contribution in [-0.4, -0.2) is 47.7 Å². The second-order valence-corrected chi connectivity index (χ2v) is 5.35. The molecular weight excluding hydrogens is 322 g/mol. The molecule has 0 aliphatic carbocycles. The first-order valence-electron chi connectivity index (χ1n) is 6.98. The molecule has 1 unspecified atom stereocenters. The zero-order valence-corrected chi connectivity index (χ0v) is 12.5. The maximum atomic E-state index is 13.3. The number of nitriles is 1. The normalized spacial score (nSPS) is 18.7. The van der Waals surface area contributed by atoms with Crippen LogP contribution in [0.2, 0.25) is 0 Å². The highest BCUT2D eigenvalue weighted by molar-refractivity contribution is 5.98. The van der Waals surface area contributed by atoms with Crippen molar-refractivity contribution < 1.29 is 23.2 Å². The molecule has 2 rings (SSSR count). The van der Waals surface area contributed by atoms with Gasteiger partial charge in [0, 0.05) is 17.5 Å². The van der Waals surface area contributed by atoms with Gasteiger partial charge in [0.2, 0.25) is 11.8 Å². The number of alkyl halides is 2. The molecule has 0 saturated carbocycles. The highest BCUT2D eigenvalue weighted by atomic mass is 19.3. The molecule has 1 aromatic carbocycles. The third kappa shape index (κ3) is 3.84. The van der Waals surface area contributed by atoms with E-state index in [1.165, 1.54) is 24.3 Å². The van der Waals surface area contributed by atoms with E-state index in [1.54, 1.807) is 6.07 Å². The average molecular weight is 336 g/mol. The molecule has 7 nitrogen and oxygen atoms in total. The van der Waals surface area contributed by atoms with E-state index >= 15 is 0 Å². The van der Waals surface area contributed by atoms with Gasteiger partial charge in [-0.2, -0.15) is 5.26 Å². The summed E-state index contributed by atoms with van der Waals surface area (Å²) in [6, 6.07) is 5.85. The Hall–Kier alpha value is -3.02. The molecular formula is C15H14F2N4O3. The molecule has 0 radical (unpaired) electrons. The number of primary amides is 1. The van der Waals surface area contributed by atoms with Gasteiger partial charge < -0.3 is 16.0 Å². The van der Waals surface area contributed by atoms with Crippen LogP contribution in [0.5, 0.6) is 0 Å². The predicted octanol–water partition coefficient (Wildman–Crippen LogP) is 0.275. The number of halogens is 2. The van der Waals surface area contributed by atoms with E-state index in [-0.39, 0.29) is 11.1 Å². The predicted molar refractivity (Wildman–Crippen MR) is 78.0 cm³/mol. The Bertz CT molecular complexity index is 712. The lowest BCUT2D eigenvalue weighted by molar-refractivity contribution is -0.131. The molecule has 3 amide bonds. The number of carbonyl (C=O) groups is 3. The zero-order chi connectivity index (χ0) is 17.9. The van der Waals surface area contributed by atoms with Crippen molar-refractivity contribution in [3.05, 3.63) is 35.4 Å². The Kier molecular flexibility index (Phi) is 4.78. The molecule has 126 valence electrons. The lowest BCUT2D eigenvalue weighted by Gasteiger charge is -2.19. The minimum absolute atomic E-state index is 0.177. The van der Waals surface area contributed by atoms with E-state index in [2.05, 4.69) is 5.32 Å². The highest BCUT2D eigenvalue weighted by Crippen LogP contribution is 2.31. The van der Waals surface area contributed by atoms with Crippen LogP contribution in [-0.2, 0) is 4.79 Å². The fourth-order valence-electron chi connectivity index (χ4n) is 2.34. The molecule has 0 spiro atoms. The minimum atomic E-state index is -3.11. The maximum absolute atomic E-state index is 13.3. The van der Waals surface area contributed by atoms with Gasteiger partial charge in [-0.05, 0) is 24.3 Å². The van der Waals surface area contributed by atoms with E-state index < -0.39 is 49.2 Å². The van der Waals surface area contributed by atoms with Crippen molar-refractivity contribution in [1.29, 1.82) is 5.26 Å². The monoisotopic (exact) mass is 336 g/mol. The Labute approximate surface area is 136 Å². The van der Waals surface area contributed by atoms with Crippen molar-refractivity contribution in [2.75, 3.05) is 13.1 Å². The Balaban J connectivity index is 1.95. The number of nitrogens with zero attached hydrogens (tertiary/aromatic N) is 2. The standard InChI is InChI=1S/C15H14F2N4O3/c16-15(17)5-11(6-18)21(8-15)12(22)7-20-14(24)10-3-1-9(2-4-10)13(19)23/h1-4,11H,5,7-8H2,(H2,19,23)(H,20,24). The summed E-state index contributed by atoms with van der Waals surface area (Å²) in [7, 11) is 0. The average Bonchev–Trinajstić information content (AvgIpc) is 2.87. The van der Waals surface area contributed by atoms with Crippen molar-refractivity contribution in [3.63, 3.8) is 0 Å². The molecule has 1 aliphatic heterocycles. The Morgan fingerprint density at radius 3 is 2.42 bits per heavy atom. The van der Waals surface area contributed by atoms with Crippen molar-refractivity contribution in [2.24, 2.45) is 5.73 Å². The van der Waals surface area contributed by atoms with Crippen LogP contribution in [0.4, 0.5) is 8.78 Å². The fourth-order valence-corrected chi connectivity index (χ4v) is 2.34. The van der Waals surface area contributed by atoms with E-state index in [0.29, 0.717) is 0 Å². The molecule has 1 aliphatic rings. The first-order chi connectivity index (χ1) is 11.2. The summed E-state index contributed by atoms with van der Waals surface area (Å²) in [5, 5.41) is 11.1. The first-order valence-corrected chi connectivity index (χ1v) is 6.98. The summed E-state index contributed by atoms with van der Waals surface area (Å²) in [6.45, 7) is -1.35. The third-order valence-corrected chi connectivity index (χ3v) is 3.57. The van der Waals surface area contributed by atoms with Crippen LogP contribution < -0.4 is 11.1 Å². The zero-order valence-electron chi connectivity index (χ0n) is 12.5. The largest absolute Gasteiger partial charge is 0.366 e. The number of likely N-dealkylation sites (tertiary alicyclic amines) is 1. The van der Waals surface area contributed by atoms with E-state index in [1.807, 2.05) is 0 Å². The smallest absolute Gasteiger partial charge is 0.268 e. The maximum Gasteiger partial charge on any atom is 0.268 e. The van der Waals surface area contributed by atoms with E-state index in [9.17, 15) is 23.2 Å². The lowest BCUT2D eigenvalue weighted by Crippen LogP contribution is -2.42. The number of benzene rings is 1. The van der Waals surface area contributed by atoms with Gasteiger partial charge in [0.05, 0.1) is 19.2 Å². The number of nitrogens with two attached hydrogens (primary N) is 1. The molecule has 1 aromatic rings. The van der Waals surface area contributed by atoms with Gasteiger partial charge in [0.25, 0.3) is 11.8 Å². The van der Waals surface area contributed by atoms with E-state index in [4.69, 9.17) is 11.0 Å². The van der Waals surface area contributed by atoms with Crippen LogP contribution in [0.1, 0.15) is 27.1 Å². The summed E-state index contributed by atoms with van der Waals surface area (Å²) in [5.41, 5.74) is 5.48. The number of carbonyl (C=O) groups excluding carboxylic acids is 3. The SMILES string of the molecule is N#CC1CC(F)(F)CN1C(=O)CNC(=O)c1ccc(C(N)=O)cc1. The fraction of sp³-hybridized carbons (Fsp3) is 0.333. The van der Waals surface area contributed by atoms with Crippen LogP contribution in [0, 0.1) is 11.3 Å². The van der Waals surface area contributed by atoms with Gasteiger partial charge in [-0.15, -0.1) is 0 Å².